The molecule has 1 saturated heterocycles. The molecular formula is C20H30N2O5S. The van der Waals surface area contributed by atoms with Crippen molar-refractivity contribution < 1.29 is 22.7 Å². The Morgan fingerprint density at radius 2 is 1.96 bits per heavy atom. The van der Waals surface area contributed by atoms with Gasteiger partial charge in [0.05, 0.1) is 10.5 Å². The van der Waals surface area contributed by atoms with E-state index in [-0.39, 0.29) is 34.4 Å². The smallest absolute Gasteiger partial charge is 0.338 e. The molecule has 0 radical (unpaired) electrons. The molecule has 1 aromatic rings. The number of rotatable bonds is 7. The van der Waals surface area contributed by atoms with Gasteiger partial charge in [0.2, 0.25) is 10.0 Å². The second kappa shape index (κ2) is 9.52. The predicted octanol–water partition coefficient (Wildman–Crippen LogP) is 2.57. The van der Waals surface area contributed by atoms with E-state index in [0.29, 0.717) is 6.54 Å². The minimum Gasteiger partial charge on any atom is -0.452 e. The monoisotopic (exact) mass is 410 g/mol. The summed E-state index contributed by atoms with van der Waals surface area (Å²) in [5.74, 6) is -0.852. The van der Waals surface area contributed by atoms with Crippen LogP contribution in [0.2, 0.25) is 0 Å². The van der Waals surface area contributed by atoms with Crippen molar-refractivity contribution in [2.45, 2.75) is 63.9 Å². The molecule has 0 saturated carbocycles. The van der Waals surface area contributed by atoms with E-state index >= 15 is 0 Å². The number of carbonyl (C=O) groups is 2. The van der Waals surface area contributed by atoms with Gasteiger partial charge in [-0.3, -0.25) is 4.79 Å². The third-order valence-corrected chi connectivity index (χ3v) is 7.15. The van der Waals surface area contributed by atoms with Crippen LogP contribution in [0.5, 0.6) is 0 Å². The molecular weight excluding hydrogens is 380 g/mol. The van der Waals surface area contributed by atoms with Crippen LogP contribution in [0.3, 0.4) is 0 Å². The molecule has 28 heavy (non-hydrogen) atoms. The van der Waals surface area contributed by atoms with Gasteiger partial charge in [-0.05, 0) is 50.8 Å². The Morgan fingerprint density at radius 3 is 2.61 bits per heavy atom. The zero-order chi connectivity index (χ0) is 20.9. The van der Waals surface area contributed by atoms with Crippen molar-refractivity contribution in [3.63, 3.8) is 0 Å². The van der Waals surface area contributed by atoms with E-state index in [1.54, 1.807) is 0 Å². The Labute approximate surface area is 167 Å². The molecule has 0 aliphatic carbocycles. The number of esters is 1. The Kier molecular flexibility index (Phi) is 7.60. The lowest BCUT2D eigenvalue weighted by Crippen LogP contribution is -2.41. The summed E-state index contributed by atoms with van der Waals surface area (Å²) in [6, 6.07) is 5.68. The van der Waals surface area contributed by atoms with Gasteiger partial charge in [0.25, 0.3) is 5.91 Å². The van der Waals surface area contributed by atoms with Gasteiger partial charge in [0.1, 0.15) is 0 Å². The molecule has 1 fully saturated rings. The fourth-order valence-electron chi connectivity index (χ4n) is 3.02. The van der Waals surface area contributed by atoms with Crippen molar-refractivity contribution in [1.82, 2.24) is 9.62 Å². The number of benzene rings is 1. The summed E-state index contributed by atoms with van der Waals surface area (Å²) in [6.07, 6.45) is 2.66. The van der Waals surface area contributed by atoms with Gasteiger partial charge in [0, 0.05) is 18.6 Å². The van der Waals surface area contributed by atoms with Gasteiger partial charge in [-0.1, -0.05) is 26.3 Å². The molecule has 8 heteroatoms. The third-order valence-electron chi connectivity index (χ3n) is 5.14. The standard InChI is InChI=1S/C20H30N2O5S/c1-14(2)16(4)21-19(23)13-27-20(24)17-9-7-10-18(12-17)28(25,26)22-11-6-5-8-15(22)3/h7,9-10,12,14-16H,5-6,8,11,13H2,1-4H3,(H,21,23)/t15-,16+/m1/s1. The fourth-order valence-corrected chi connectivity index (χ4v) is 4.77. The molecule has 1 heterocycles. The zero-order valence-corrected chi connectivity index (χ0v) is 17.8. The number of sulfonamides is 1. The Balaban J connectivity index is 2.06. The summed E-state index contributed by atoms with van der Waals surface area (Å²) in [6.45, 7) is 7.80. The summed E-state index contributed by atoms with van der Waals surface area (Å²) in [5.41, 5.74) is 0.107. The summed E-state index contributed by atoms with van der Waals surface area (Å²) in [5, 5.41) is 2.75. The quantitative estimate of drug-likeness (QED) is 0.698. The SMILES string of the molecule is CC(C)[C@H](C)NC(=O)COC(=O)c1cccc(S(=O)(=O)N2CCCC[C@H]2C)c1. The lowest BCUT2D eigenvalue weighted by Gasteiger charge is -2.32. The second-order valence-electron chi connectivity index (χ2n) is 7.66. The molecule has 2 rings (SSSR count). The van der Waals surface area contributed by atoms with Crippen molar-refractivity contribution in [1.29, 1.82) is 0 Å². The molecule has 0 aromatic heterocycles. The predicted molar refractivity (Wildman–Crippen MR) is 106 cm³/mol. The molecule has 1 aromatic carbocycles. The number of hydrogen-bond acceptors (Lipinski definition) is 5. The highest BCUT2D eigenvalue weighted by atomic mass is 32.2. The van der Waals surface area contributed by atoms with Crippen LogP contribution in [-0.4, -0.2) is 49.8 Å². The number of amides is 1. The maximum absolute atomic E-state index is 12.9. The van der Waals surface area contributed by atoms with E-state index in [9.17, 15) is 18.0 Å². The van der Waals surface area contributed by atoms with Gasteiger partial charge < -0.3 is 10.1 Å². The van der Waals surface area contributed by atoms with Crippen LogP contribution in [-0.2, 0) is 19.6 Å². The minimum absolute atomic E-state index is 0.0359. The minimum atomic E-state index is -3.68. The van der Waals surface area contributed by atoms with Crippen molar-refractivity contribution in [2.24, 2.45) is 5.92 Å². The molecule has 0 bridgehead atoms. The van der Waals surface area contributed by atoms with Crippen molar-refractivity contribution in [3.05, 3.63) is 29.8 Å². The van der Waals surface area contributed by atoms with E-state index in [2.05, 4.69) is 5.32 Å². The van der Waals surface area contributed by atoms with Crippen LogP contribution in [0.4, 0.5) is 0 Å². The molecule has 7 nitrogen and oxygen atoms in total. The first-order chi connectivity index (χ1) is 13.1. The molecule has 1 aliphatic rings. The van der Waals surface area contributed by atoms with Crippen LogP contribution in [0, 0.1) is 5.92 Å². The van der Waals surface area contributed by atoms with Crippen LogP contribution in [0.25, 0.3) is 0 Å². The van der Waals surface area contributed by atoms with Crippen molar-refractivity contribution in [3.8, 4) is 0 Å². The number of piperidine rings is 1. The molecule has 156 valence electrons. The highest BCUT2D eigenvalue weighted by Crippen LogP contribution is 2.25. The number of nitrogens with zero attached hydrogens (tertiary/aromatic N) is 1. The summed E-state index contributed by atoms with van der Waals surface area (Å²) < 4.78 is 32.4. The lowest BCUT2D eigenvalue weighted by atomic mass is 10.1. The Morgan fingerprint density at radius 1 is 1.25 bits per heavy atom. The zero-order valence-electron chi connectivity index (χ0n) is 17.0. The highest BCUT2D eigenvalue weighted by molar-refractivity contribution is 7.89. The maximum Gasteiger partial charge on any atom is 0.338 e. The summed E-state index contributed by atoms with van der Waals surface area (Å²) in [7, 11) is -3.68. The van der Waals surface area contributed by atoms with E-state index in [1.807, 2.05) is 27.7 Å². The largest absolute Gasteiger partial charge is 0.452 e. The molecule has 1 aliphatic heterocycles. The molecule has 1 N–H and O–H groups in total. The average Bonchev–Trinajstić information content (AvgIpc) is 2.66. The third kappa shape index (κ3) is 5.54. The van der Waals surface area contributed by atoms with Crippen LogP contribution in [0.1, 0.15) is 57.3 Å². The van der Waals surface area contributed by atoms with E-state index in [0.717, 1.165) is 19.3 Å². The number of ether oxygens (including phenoxy) is 1. The average molecular weight is 411 g/mol. The van der Waals surface area contributed by atoms with Crippen LogP contribution in [0.15, 0.2) is 29.2 Å². The first kappa shape index (κ1) is 22.4. The topological polar surface area (TPSA) is 92.8 Å². The van der Waals surface area contributed by atoms with Crippen LogP contribution >= 0.6 is 0 Å². The summed E-state index contributed by atoms with van der Waals surface area (Å²) >= 11 is 0. The maximum atomic E-state index is 12.9. The normalized spacial score (nSPS) is 19.2. The van der Waals surface area contributed by atoms with E-state index in [4.69, 9.17) is 4.74 Å². The van der Waals surface area contributed by atoms with Crippen molar-refractivity contribution >= 4 is 21.9 Å². The first-order valence-corrected chi connectivity index (χ1v) is 11.2. The Hall–Kier alpha value is -1.93. The fraction of sp³-hybridized carbons (Fsp3) is 0.600. The Bertz CT molecular complexity index is 807. The molecule has 1 amide bonds. The highest BCUT2D eigenvalue weighted by Gasteiger charge is 2.31. The van der Waals surface area contributed by atoms with E-state index < -0.39 is 22.6 Å². The van der Waals surface area contributed by atoms with Crippen molar-refractivity contribution in [2.75, 3.05) is 13.2 Å². The number of hydrogen-bond donors (Lipinski definition) is 1. The molecule has 0 spiro atoms. The first-order valence-electron chi connectivity index (χ1n) is 9.71. The number of nitrogens with one attached hydrogen (secondary N) is 1. The van der Waals surface area contributed by atoms with Gasteiger partial charge >= 0.3 is 5.97 Å². The van der Waals surface area contributed by atoms with E-state index in [1.165, 1.54) is 28.6 Å². The van der Waals surface area contributed by atoms with Gasteiger partial charge in [-0.15, -0.1) is 0 Å². The van der Waals surface area contributed by atoms with Gasteiger partial charge in [0.15, 0.2) is 6.61 Å². The van der Waals surface area contributed by atoms with Gasteiger partial charge in [-0.2, -0.15) is 4.31 Å². The molecule has 2 atom stereocenters. The number of carbonyl (C=O) groups excluding carboxylic acids is 2. The summed E-state index contributed by atoms with van der Waals surface area (Å²) in [4.78, 5) is 24.2. The van der Waals surface area contributed by atoms with Crippen LogP contribution < -0.4 is 5.32 Å². The van der Waals surface area contributed by atoms with Gasteiger partial charge in [-0.25, -0.2) is 13.2 Å². The lowest BCUT2D eigenvalue weighted by molar-refractivity contribution is -0.125. The second-order valence-corrected chi connectivity index (χ2v) is 9.56. The molecule has 0 unspecified atom stereocenters.